The van der Waals surface area contributed by atoms with Crippen LogP contribution < -0.4 is 5.32 Å². The Labute approximate surface area is 159 Å². The van der Waals surface area contributed by atoms with Crippen molar-refractivity contribution in [3.63, 3.8) is 0 Å². The minimum Gasteiger partial charge on any atom is -0.507 e. The summed E-state index contributed by atoms with van der Waals surface area (Å²) in [5.41, 5.74) is 3.10. The standard InChI is InChI=1S/C20H16N4O4/c1-12-9-13(24(27)28)10-14(19(12)25)20(26)21-11-16-18-7-4-8-23(18)17-6-3-2-5-15(17)22-16/h2-10,25H,11H2,1H3,(H,21,26). The third kappa shape index (κ3) is 2.90. The molecule has 1 amide bonds. The summed E-state index contributed by atoms with van der Waals surface area (Å²) in [4.78, 5) is 27.6. The molecule has 8 nitrogen and oxygen atoms in total. The van der Waals surface area contributed by atoms with Gasteiger partial charge in [0.05, 0.1) is 39.3 Å². The number of para-hydroxylation sites is 2. The van der Waals surface area contributed by atoms with E-state index in [1.807, 2.05) is 47.0 Å². The van der Waals surface area contributed by atoms with Crippen LogP contribution in [0.5, 0.6) is 5.75 Å². The number of hydrogen-bond acceptors (Lipinski definition) is 5. The molecule has 2 aromatic carbocycles. The molecule has 4 aromatic rings. The van der Waals surface area contributed by atoms with Crippen LogP contribution in [-0.4, -0.2) is 25.3 Å². The van der Waals surface area contributed by atoms with E-state index in [0.717, 1.165) is 22.6 Å². The number of carbonyl (C=O) groups is 1. The number of aromatic hydroxyl groups is 1. The smallest absolute Gasteiger partial charge is 0.270 e. The number of phenols is 1. The SMILES string of the molecule is Cc1cc([N+](=O)[O-])cc(C(=O)NCc2nc3ccccc3n3cccc23)c1O. The van der Waals surface area contributed by atoms with Gasteiger partial charge in [0.15, 0.2) is 0 Å². The first kappa shape index (κ1) is 17.5. The average molecular weight is 376 g/mol. The van der Waals surface area contributed by atoms with E-state index in [1.54, 1.807) is 0 Å². The maximum atomic E-state index is 12.6. The summed E-state index contributed by atoms with van der Waals surface area (Å²) in [6.45, 7) is 1.62. The minimum atomic E-state index is -0.607. The molecule has 4 rings (SSSR count). The molecule has 28 heavy (non-hydrogen) atoms. The molecule has 8 heteroatoms. The van der Waals surface area contributed by atoms with Crippen molar-refractivity contribution >= 4 is 28.1 Å². The zero-order chi connectivity index (χ0) is 19.8. The van der Waals surface area contributed by atoms with Crippen molar-refractivity contribution in [1.82, 2.24) is 14.7 Å². The van der Waals surface area contributed by atoms with Crippen molar-refractivity contribution in [2.45, 2.75) is 13.5 Å². The Morgan fingerprint density at radius 1 is 1.21 bits per heavy atom. The number of aromatic nitrogens is 2. The van der Waals surface area contributed by atoms with Crippen LogP contribution in [0.4, 0.5) is 5.69 Å². The zero-order valence-corrected chi connectivity index (χ0v) is 14.9. The highest BCUT2D eigenvalue weighted by molar-refractivity contribution is 5.98. The van der Waals surface area contributed by atoms with E-state index in [-0.39, 0.29) is 29.1 Å². The van der Waals surface area contributed by atoms with E-state index in [1.165, 1.54) is 13.0 Å². The second kappa shape index (κ2) is 6.66. The number of fused-ring (bicyclic) bond motifs is 3. The van der Waals surface area contributed by atoms with Crippen molar-refractivity contribution in [1.29, 1.82) is 0 Å². The molecule has 0 radical (unpaired) electrons. The fourth-order valence-corrected chi connectivity index (χ4v) is 3.22. The molecular weight excluding hydrogens is 360 g/mol. The fourth-order valence-electron chi connectivity index (χ4n) is 3.22. The molecule has 0 saturated heterocycles. The van der Waals surface area contributed by atoms with Crippen LogP contribution in [-0.2, 0) is 6.54 Å². The highest BCUT2D eigenvalue weighted by Crippen LogP contribution is 2.28. The van der Waals surface area contributed by atoms with Crippen LogP contribution in [0.2, 0.25) is 0 Å². The van der Waals surface area contributed by atoms with Crippen molar-refractivity contribution in [2.75, 3.05) is 0 Å². The number of aryl methyl sites for hydroxylation is 1. The largest absolute Gasteiger partial charge is 0.507 e. The summed E-state index contributed by atoms with van der Waals surface area (Å²) in [5, 5.41) is 23.9. The molecule has 0 bridgehead atoms. The predicted octanol–water partition coefficient (Wildman–Crippen LogP) is 3.34. The number of non-ortho nitro benzene ring substituents is 1. The Bertz CT molecular complexity index is 1250. The van der Waals surface area contributed by atoms with Crippen molar-refractivity contribution in [3.8, 4) is 5.75 Å². The number of carbonyl (C=O) groups excluding carboxylic acids is 1. The van der Waals surface area contributed by atoms with Crippen LogP contribution in [0.1, 0.15) is 21.6 Å². The molecule has 0 fully saturated rings. The minimum absolute atomic E-state index is 0.109. The molecule has 0 aliphatic carbocycles. The van der Waals surface area contributed by atoms with E-state index in [0.29, 0.717) is 5.69 Å². The third-order valence-electron chi connectivity index (χ3n) is 4.60. The summed E-state index contributed by atoms with van der Waals surface area (Å²) < 4.78 is 1.98. The van der Waals surface area contributed by atoms with Gasteiger partial charge >= 0.3 is 0 Å². The second-order valence-electron chi connectivity index (χ2n) is 6.41. The lowest BCUT2D eigenvalue weighted by Crippen LogP contribution is -2.24. The topological polar surface area (TPSA) is 110 Å². The number of benzene rings is 2. The maximum absolute atomic E-state index is 12.6. The monoisotopic (exact) mass is 376 g/mol. The fraction of sp³-hybridized carbons (Fsp3) is 0.100. The Kier molecular flexibility index (Phi) is 4.15. The first-order chi connectivity index (χ1) is 13.5. The quantitative estimate of drug-likeness (QED) is 0.419. The first-order valence-corrected chi connectivity index (χ1v) is 8.56. The van der Waals surface area contributed by atoms with Gasteiger partial charge in [-0.15, -0.1) is 0 Å². The summed E-state index contributed by atoms with van der Waals surface area (Å²) in [6.07, 6.45) is 1.92. The zero-order valence-electron chi connectivity index (χ0n) is 14.9. The predicted molar refractivity (Wildman–Crippen MR) is 103 cm³/mol. The number of amides is 1. The molecule has 2 aromatic heterocycles. The molecule has 140 valence electrons. The van der Waals surface area contributed by atoms with Crippen molar-refractivity contribution in [3.05, 3.63) is 81.7 Å². The Morgan fingerprint density at radius 3 is 2.75 bits per heavy atom. The number of nitrogens with zero attached hydrogens (tertiary/aromatic N) is 3. The third-order valence-corrected chi connectivity index (χ3v) is 4.60. The lowest BCUT2D eigenvalue weighted by Gasteiger charge is -2.11. The molecule has 0 saturated carbocycles. The van der Waals surface area contributed by atoms with Crippen LogP contribution in [0.3, 0.4) is 0 Å². The molecule has 0 aliphatic heterocycles. The highest BCUT2D eigenvalue weighted by Gasteiger charge is 2.19. The Balaban J connectivity index is 1.67. The molecule has 0 spiro atoms. The van der Waals surface area contributed by atoms with E-state index in [4.69, 9.17) is 0 Å². The summed E-state index contributed by atoms with van der Waals surface area (Å²) in [6, 6.07) is 13.7. The lowest BCUT2D eigenvalue weighted by atomic mass is 10.1. The van der Waals surface area contributed by atoms with E-state index < -0.39 is 10.8 Å². The number of hydrogen-bond donors (Lipinski definition) is 2. The molecule has 0 unspecified atom stereocenters. The number of nitrogens with one attached hydrogen (secondary N) is 1. The van der Waals surface area contributed by atoms with Gasteiger partial charge in [-0.2, -0.15) is 0 Å². The molecular formula is C20H16N4O4. The van der Waals surface area contributed by atoms with Gasteiger partial charge in [0, 0.05) is 18.3 Å². The molecule has 2 N–H and O–H groups in total. The van der Waals surface area contributed by atoms with Crippen LogP contribution in [0.25, 0.3) is 16.6 Å². The van der Waals surface area contributed by atoms with Crippen molar-refractivity contribution < 1.29 is 14.8 Å². The normalized spacial score (nSPS) is 11.0. The summed E-state index contributed by atoms with van der Waals surface area (Å²) >= 11 is 0. The average Bonchev–Trinajstić information content (AvgIpc) is 3.18. The van der Waals surface area contributed by atoms with Gasteiger partial charge in [0.2, 0.25) is 0 Å². The van der Waals surface area contributed by atoms with Gasteiger partial charge in [0.25, 0.3) is 11.6 Å². The van der Waals surface area contributed by atoms with Gasteiger partial charge < -0.3 is 14.8 Å². The number of nitro groups is 1. The van der Waals surface area contributed by atoms with Gasteiger partial charge in [-0.25, -0.2) is 4.98 Å². The lowest BCUT2D eigenvalue weighted by molar-refractivity contribution is -0.384. The van der Waals surface area contributed by atoms with Gasteiger partial charge in [0.1, 0.15) is 5.75 Å². The summed E-state index contributed by atoms with van der Waals surface area (Å²) in [7, 11) is 0. The first-order valence-electron chi connectivity index (χ1n) is 8.56. The molecule has 0 atom stereocenters. The van der Waals surface area contributed by atoms with Crippen molar-refractivity contribution in [2.24, 2.45) is 0 Å². The summed E-state index contributed by atoms with van der Waals surface area (Å²) in [5.74, 6) is -0.883. The van der Waals surface area contributed by atoms with Crippen LogP contribution >= 0.6 is 0 Å². The highest BCUT2D eigenvalue weighted by atomic mass is 16.6. The van der Waals surface area contributed by atoms with Crippen LogP contribution in [0, 0.1) is 17.0 Å². The van der Waals surface area contributed by atoms with E-state index in [9.17, 15) is 20.0 Å². The number of phenolic OH excluding ortho intramolecular Hbond substituents is 1. The maximum Gasteiger partial charge on any atom is 0.270 e. The Hall–Kier alpha value is -3.94. The van der Waals surface area contributed by atoms with Gasteiger partial charge in [-0.3, -0.25) is 14.9 Å². The van der Waals surface area contributed by atoms with Gasteiger partial charge in [-0.05, 0) is 36.8 Å². The molecule has 2 heterocycles. The number of rotatable bonds is 4. The van der Waals surface area contributed by atoms with Gasteiger partial charge in [-0.1, -0.05) is 12.1 Å². The second-order valence-corrected chi connectivity index (χ2v) is 6.41. The molecule has 0 aliphatic rings. The Morgan fingerprint density at radius 2 is 1.96 bits per heavy atom. The number of nitro benzene ring substituents is 1. The van der Waals surface area contributed by atoms with E-state index in [2.05, 4.69) is 10.3 Å². The van der Waals surface area contributed by atoms with Crippen LogP contribution in [0.15, 0.2) is 54.7 Å². The van der Waals surface area contributed by atoms with E-state index >= 15 is 0 Å².